The Balaban J connectivity index is 2.03. The second-order valence-electron chi connectivity index (χ2n) is 3.25. The molecule has 1 aliphatic carbocycles. The van der Waals surface area contributed by atoms with Crippen molar-refractivity contribution >= 4 is 0 Å². The lowest BCUT2D eigenvalue weighted by Crippen LogP contribution is -1.88. The van der Waals surface area contributed by atoms with Gasteiger partial charge in [0.2, 0.25) is 0 Å². The number of hydrogen-bond acceptors (Lipinski definition) is 1. The largest absolute Gasteiger partial charge is 0.384 e. The van der Waals surface area contributed by atoms with E-state index in [4.69, 9.17) is 4.74 Å². The first-order valence-corrected chi connectivity index (χ1v) is 4.59. The Morgan fingerprint density at radius 3 is 2.73 bits per heavy atom. The van der Waals surface area contributed by atoms with Gasteiger partial charge in [-0.05, 0) is 25.2 Å². The zero-order chi connectivity index (χ0) is 7.94. The number of ether oxygens (including phenoxy) is 1. The summed E-state index contributed by atoms with van der Waals surface area (Å²) in [5.74, 6) is 0.881. The van der Waals surface area contributed by atoms with E-state index in [-0.39, 0.29) is 0 Å². The molecule has 0 bridgehead atoms. The van der Waals surface area contributed by atoms with Gasteiger partial charge < -0.3 is 4.74 Å². The molecule has 0 spiro atoms. The highest BCUT2D eigenvalue weighted by molar-refractivity contribution is 4.90. The quantitative estimate of drug-likeness (QED) is 0.447. The molecule has 0 atom stereocenters. The molecule has 1 saturated carbocycles. The standard InChI is InChI=1S/C10H18O/c1-11-9-5-4-8-10-6-2-3-7-10/h4,8,10H,2-3,5-7,9H2,1H3/b8-4+. The Morgan fingerprint density at radius 1 is 1.36 bits per heavy atom. The summed E-state index contributed by atoms with van der Waals surface area (Å²) in [6.07, 6.45) is 11.4. The molecule has 0 aliphatic heterocycles. The van der Waals surface area contributed by atoms with Crippen LogP contribution in [-0.4, -0.2) is 13.7 Å². The van der Waals surface area contributed by atoms with Gasteiger partial charge in [0.1, 0.15) is 0 Å². The molecule has 64 valence electrons. The molecule has 0 amide bonds. The van der Waals surface area contributed by atoms with Crippen LogP contribution >= 0.6 is 0 Å². The van der Waals surface area contributed by atoms with Crippen molar-refractivity contribution in [2.45, 2.75) is 32.1 Å². The van der Waals surface area contributed by atoms with E-state index in [0.29, 0.717) is 0 Å². The Bertz CT molecular complexity index is 112. The van der Waals surface area contributed by atoms with Gasteiger partial charge >= 0.3 is 0 Å². The lowest BCUT2D eigenvalue weighted by atomic mass is 10.1. The number of hydrogen-bond donors (Lipinski definition) is 0. The van der Waals surface area contributed by atoms with Gasteiger partial charge in [0, 0.05) is 13.7 Å². The van der Waals surface area contributed by atoms with Gasteiger partial charge in [0.25, 0.3) is 0 Å². The van der Waals surface area contributed by atoms with Crippen LogP contribution in [0.5, 0.6) is 0 Å². The summed E-state index contributed by atoms with van der Waals surface area (Å²) in [6, 6.07) is 0. The average molecular weight is 154 g/mol. The summed E-state index contributed by atoms with van der Waals surface area (Å²) < 4.78 is 4.96. The van der Waals surface area contributed by atoms with Crippen molar-refractivity contribution in [1.82, 2.24) is 0 Å². The third kappa shape index (κ3) is 3.57. The second-order valence-corrected chi connectivity index (χ2v) is 3.25. The van der Waals surface area contributed by atoms with Crippen molar-refractivity contribution in [3.05, 3.63) is 12.2 Å². The first kappa shape index (κ1) is 8.79. The molecule has 1 aliphatic rings. The first-order chi connectivity index (χ1) is 5.43. The summed E-state index contributed by atoms with van der Waals surface area (Å²) in [6.45, 7) is 0.864. The molecule has 0 aromatic carbocycles. The zero-order valence-corrected chi connectivity index (χ0v) is 7.38. The van der Waals surface area contributed by atoms with Gasteiger partial charge in [-0.25, -0.2) is 0 Å². The van der Waals surface area contributed by atoms with Crippen molar-refractivity contribution in [1.29, 1.82) is 0 Å². The van der Waals surface area contributed by atoms with Crippen LogP contribution in [0.2, 0.25) is 0 Å². The Kier molecular flexibility index (Phi) is 4.29. The molecule has 11 heavy (non-hydrogen) atoms. The third-order valence-corrected chi connectivity index (χ3v) is 2.30. The fraction of sp³-hybridized carbons (Fsp3) is 0.800. The van der Waals surface area contributed by atoms with E-state index in [1.165, 1.54) is 25.7 Å². The second kappa shape index (κ2) is 5.36. The summed E-state index contributed by atoms with van der Waals surface area (Å²) in [4.78, 5) is 0. The minimum atomic E-state index is 0.864. The molecule has 1 heteroatoms. The molecule has 0 radical (unpaired) electrons. The van der Waals surface area contributed by atoms with Gasteiger partial charge in [-0.1, -0.05) is 25.0 Å². The summed E-state index contributed by atoms with van der Waals surface area (Å²) in [5.41, 5.74) is 0. The maximum atomic E-state index is 4.96. The van der Waals surface area contributed by atoms with Crippen molar-refractivity contribution in [2.24, 2.45) is 5.92 Å². The minimum Gasteiger partial charge on any atom is -0.384 e. The maximum absolute atomic E-state index is 4.96. The van der Waals surface area contributed by atoms with E-state index >= 15 is 0 Å². The summed E-state index contributed by atoms with van der Waals surface area (Å²) >= 11 is 0. The van der Waals surface area contributed by atoms with Crippen molar-refractivity contribution in [3.63, 3.8) is 0 Å². The zero-order valence-electron chi connectivity index (χ0n) is 7.38. The van der Waals surface area contributed by atoms with Gasteiger partial charge in [-0.15, -0.1) is 0 Å². The first-order valence-electron chi connectivity index (χ1n) is 4.59. The van der Waals surface area contributed by atoms with Crippen LogP contribution < -0.4 is 0 Å². The van der Waals surface area contributed by atoms with E-state index < -0.39 is 0 Å². The summed E-state index contributed by atoms with van der Waals surface area (Å²) in [7, 11) is 1.75. The molecule has 0 aromatic heterocycles. The molecule has 1 nitrogen and oxygen atoms in total. The number of methoxy groups -OCH3 is 1. The van der Waals surface area contributed by atoms with E-state index in [2.05, 4.69) is 12.2 Å². The fourth-order valence-corrected chi connectivity index (χ4v) is 1.62. The topological polar surface area (TPSA) is 9.23 Å². The highest BCUT2D eigenvalue weighted by atomic mass is 16.5. The monoisotopic (exact) mass is 154 g/mol. The SMILES string of the molecule is COCC/C=C/C1CCCC1. The van der Waals surface area contributed by atoms with E-state index in [9.17, 15) is 0 Å². The van der Waals surface area contributed by atoms with Crippen LogP contribution in [0.4, 0.5) is 0 Å². The average Bonchev–Trinajstić information content (AvgIpc) is 2.50. The maximum Gasteiger partial charge on any atom is 0.0496 e. The molecular formula is C10H18O. The molecule has 0 heterocycles. The molecule has 0 aromatic rings. The van der Waals surface area contributed by atoms with Crippen LogP contribution in [0.1, 0.15) is 32.1 Å². The lowest BCUT2D eigenvalue weighted by Gasteiger charge is -1.99. The number of rotatable bonds is 4. The van der Waals surface area contributed by atoms with Crippen LogP contribution in [0.25, 0.3) is 0 Å². The molecule has 0 N–H and O–H groups in total. The van der Waals surface area contributed by atoms with E-state index in [1.807, 2.05) is 0 Å². The van der Waals surface area contributed by atoms with Crippen LogP contribution in [0.3, 0.4) is 0 Å². The van der Waals surface area contributed by atoms with Gasteiger partial charge in [0.15, 0.2) is 0 Å². The highest BCUT2D eigenvalue weighted by Gasteiger charge is 2.10. The van der Waals surface area contributed by atoms with Crippen molar-refractivity contribution in [2.75, 3.05) is 13.7 Å². The van der Waals surface area contributed by atoms with Crippen LogP contribution in [0.15, 0.2) is 12.2 Å². The minimum absolute atomic E-state index is 0.864. The predicted molar refractivity (Wildman–Crippen MR) is 47.6 cm³/mol. The molecule has 0 saturated heterocycles. The Labute approximate surface area is 69.4 Å². The van der Waals surface area contributed by atoms with Gasteiger partial charge in [-0.2, -0.15) is 0 Å². The molecule has 0 unspecified atom stereocenters. The Hall–Kier alpha value is -0.300. The fourth-order valence-electron chi connectivity index (χ4n) is 1.62. The van der Waals surface area contributed by atoms with Crippen LogP contribution in [-0.2, 0) is 4.74 Å². The third-order valence-electron chi connectivity index (χ3n) is 2.30. The lowest BCUT2D eigenvalue weighted by molar-refractivity contribution is 0.204. The van der Waals surface area contributed by atoms with Gasteiger partial charge in [-0.3, -0.25) is 0 Å². The molecular weight excluding hydrogens is 136 g/mol. The highest BCUT2D eigenvalue weighted by Crippen LogP contribution is 2.25. The van der Waals surface area contributed by atoms with E-state index in [0.717, 1.165) is 18.9 Å². The summed E-state index contributed by atoms with van der Waals surface area (Å²) in [5, 5.41) is 0. The Morgan fingerprint density at radius 2 is 2.09 bits per heavy atom. The van der Waals surface area contributed by atoms with Crippen molar-refractivity contribution in [3.8, 4) is 0 Å². The van der Waals surface area contributed by atoms with Crippen molar-refractivity contribution < 1.29 is 4.74 Å². The normalized spacial score (nSPS) is 20.1. The molecule has 1 rings (SSSR count). The van der Waals surface area contributed by atoms with Crippen LogP contribution in [0, 0.1) is 5.92 Å². The van der Waals surface area contributed by atoms with E-state index in [1.54, 1.807) is 7.11 Å². The predicted octanol–water partition coefficient (Wildman–Crippen LogP) is 2.77. The van der Waals surface area contributed by atoms with Gasteiger partial charge in [0.05, 0.1) is 0 Å². The molecule has 1 fully saturated rings. The number of allylic oxidation sites excluding steroid dienone is 1. The smallest absolute Gasteiger partial charge is 0.0496 e.